The molecule has 9 heteroatoms. The normalized spacial score (nSPS) is 25.2. The fraction of sp³-hybridized carbons (Fsp3) is 0.812. The zero-order valence-electron chi connectivity index (χ0n) is 15.2. The van der Waals surface area contributed by atoms with Crippen LogP contribution in [0.2, 0.25) is 0 Å². The molecule has 25 heavy (non-hydrogen) atoms. The number of nitrogens with two attached hydrogens (primary N) is 2. The number of piperazine rings is 1. The van der Waals surface area contributed by atoms with Gasteiger partial charge in [-0.2, -0.15) is 0 Å². The van der Waals surface area contributed by atoms with Crippen molar-refractivity contribution in [2.45, 2.75) is 51.4 Å². The number of guanidine groups is 1. The van der Waals surface area contributed by atoms with Crippen molar-refractivity contribution in [3.63, 3.8) is 0 Å². The molecule has 0 aliphatic carbocycles. The van der Waals surface area contributed by atoms with E-state index in [0.717, 1.165) is 6.42 Å². The molecule has 9 nitrogen and oxygen atoms in total. The van der Waals surface area contributed by atoms with Gasteiger partial charge in [-0.1, -0.05) is 0 Å². The second-order valence-corrected chi connectivity index (χ2v) is 7.38. The molecular weight excluding hydrogens is 326 g/mol. The Bertz CT molecular complexity index is 523. The second-order valence-electron chi connectivity index (χ2n) is 7.38. The molecule has 2 fully saturated rings. The molecule has 4 N–H and O–H groups in total. The highest BCUT2D eigenvalue weighted by Crippen LogP contribution is 2.19. The summed E-state index contributed by atoms with van der Waals surface area (Å²) in [5, 5.41) is 0. The monoisotopic (exact) mass is 355 g/mol. The number of hydrogen-bond donors (Lipinski definition) is 2. The van der Waals surface area contributed by atoms with Crippen LogP contribution in [0.15, 0.2) is 4.99 Å². The van der Waals surface area contributed by atoms with Gasteiger partial charge in [-0.15, -0.1) is 0 Å². The number of amides is 2. The first-order valence-corrected chi connectivity index (χ1v) is 8.63. The molecule has 0 bridgehead atoms. The van der Waals surface area contributed by atoms with Crippen LogP contribution >= 0.6 is 0 Å². The Balaban J connectivity index is 1.76. The van der Waals surface area contributed by atoms with Gasteiger partial charge in [0.05, 0.1) is 12.6 Å². The van der Waals surface area contributed by atoms with Crippen molar-refractivity contribution in [2.75, 3.05) is 32.7 Å². The first-order valence-electron chi connectivity index (χ1n) is 8.63. The van der Waals surface area contributed by atoms with Gasteiger partial charge in [-0.05, 0) is 33.6 Å². The van der Waals surface area contributed by atoms with Gasteiger partial charge in [0.2, 0.25) is 5.91 Å². The van der Waals surface area contributed by atoms with Gasteiger partial charge in [-0.25, -0.2) is 4.79 Å². The molecule has 0 aromatic rings. The molecule has 0 spiro atoms. The van der Waals surface area contributed by atoms with E-state index in [1.807, 2.05) is 25.7 Å². The molecular formula is C16H29N5O4. The summed E-state index contributed by atoms with van der Waals surface area (Å²) in [6.07, 6.45) is 0.429. The van der Waals surface area contributed by atoms with Gasteiger partial charge in [-0.3, -0.25) is 9.79 Å². The standard InChI is InChI=1S/C16H29N5O4/c1-16(2,3)25-15(23)21-8-6-20(7-9-21)14(18)19-10-11-4-5-12(24-11)13(17)22/h11-12H,4-10H2,1-3H3,(H2,17,22)(H2,18,19). The number of aliphatic imine (C=N–C) groups is 1. The van der Waals surface area contributed by atoms with Crippen molar-refractivity contribution in [1.29, 1.82) is 0 Å². The fourth-order valence-electron chi connectivity index (χ4n) is 2.79. The number of primary amides is 1. The number of carbonyl (C=O) groups is 2. The van der Waals surface area contributed by atoms with Crippen molar-refractivity contribution in [1.82, 2.24) is 9.80 Å². The van der Waals surface area contributed by atoms with E-state index in [1.54, 1.807) is 4.90 Å². The third kappa shape index (κ3) is 5.77. The van der Waals surface area contributed by atoms with Crippen LogP contribution in [0.3, 0.4) is 0 Å². The molecule has 2 unspecified atom stereocenters. The summed E-state index contributed by atoms with van der Waals surface area (Å²) in [5.74, 6) is -0.00678. The predicted octanol–water partition coefficient (Wildman–Crippen LogP) is -0.113. The Morgan fingerprint density at radius 1 is 1.12 bits per heavy atom. The van der Waals surface area contributed by atoms with Crippen LogP contribution in [0.5, 0.6) is 0 Å². The SMILES string of the molecule is CC(C)(C)OC(=O)N1CCN(C(N)=NCC2CCC(C(N)=O)O2)CC1. The smallest absolute Gasteiger partial charge is 0.410 e. The molecule has 2 rings (SSSR count). The molecule has 0 radical (unpaired) electrons. The molecule has 2 aliphatic rings. The molecule has 2 amide bonds. The second kappa shape index (κ2) is 7.90. The summed E-state index contributed by atoms with van der Waals surface area (Å²) in [4.78, 5) is 31.1. The Labute approximate surface area is 148 Å². The van der Waals surface area contributed by atoms with Gasteiger partial charge in [0, 0.05) is 26.2 Å². The molecule has 2 heterocycles. The summed E-state index contributed by atoms with van der Waals surface area (Å²) in [7, 11) is 0. The van der Waals surface area contributed by atoms with Gasteiger partial charge in [0.15, 0.2) is 5.96 Å². The number of carbonyl (C=O) groups excluding carboxylic acids is 2. The minimum atomic E-state index is -0.515. The minimum Gasteiger partial charge on any atom is -0.444 e. The average Bonchev–Trinajstić information content (AvgIpc) is 3.00. The topological polar surface area (TPSA) is 123 Å². The lowest BCUT2D eigenvalue weighted by molar-refractivity contribution is -0.128. The summed E-state index contributed by atoms with van der Waals surface area (Å²) in [6.45, 7) is 8.22. The Morgan fingerprint density at radius 3 is 2.24 bits per heavy atom. The quantitative estimate of drug-likeness (QED) is 0.538. The van der Waals surface area contributed by atoms with E-state index in [4.69, 9.17) is 20.9 Å². The van der Waals surface area contributed by atoms with E-state index in [0.29, 0.717) is 45.1 Å². The molecule has 0 saturated carbocycles. The van der Waals surface area contributed by atoms with Crippen molar-refractivity contribution in [3.8, 4) is 0 Å². The summed E-state index contributed by atoms with van der Waals surface area (Å²) in [5.41, 5.74) is 10.8. The highest BCUT2D eigenvalue weighted by atomic mass is 16.6. The molecule has 2 atom stereocenters. The number of nitrogens with zero attached hydrogens (tertiary/aromatic N) is 3. The molecule has 0 aromatic carbocycles. The minimum absolute atomic E-state index is 0.126. The van der Waals surface area contributed by atoms with Crippen LogP contribution in [0.25, 0.3) is 0 Å². The Morgan fingerprint density at radius 2 is 1.72 bits per heavy atom. The maximum atomic E-state index is 12.0. The van der Waals surface area contributed by atoms with E-state index in [1.165, 1.54) is 0 Å². The fourth-order valence-corrected chi connectivity index (χ4v) is 2.79. The maximum Gasteiger partial charge on any atom is 0.410 e. The zero-order chi connectivity index (χ0) is 18.6. The van der Waals surface area contributed by atoms with Crippen molar-refractivity contribution in [3.05, 3.63) is 0 Å². The summed E-state index contributed by atoms with van der Waals surface area (Å²) in [6, 6.07) is 0. The van der Waals surface area contributed by atoms with Crippen LogP contribution in [0, 0.1) is 0 Å². The van der Waals surface area contributed by atoms with Gasteiger partial charge >= 0.3 is 6.09 Å². The molecule has 2 aliphatic heterocycles. The summed E-state index contributed by atoms with van der Waals surface area (Å²) >= 11 is 0. The van der Waals surface area contributed by atoms with Gasteiger partial charge < -0.3 is 30.7 Å². The molecule has 0 aromatic heterocycles. The zero-order valence-corrected chi connectivity index (χ0v) is 15.2. The highest BCUT2D eigenvalue weighted by Gasteiger charge is 2.29. The number of rotatable bonds is 3. The van der Waals surface area contributed by atoms with E-state index < -0.39 is 17.6 Å². The number of ether oxygens (including phenoxy) is 2. The maximum absolute atomic E-state index is 12.0. The molecule has 2 saturated heterocycles. The van der Waals surface area contributed by atoms with Crippen molar-refractivity contribution < 1.29 is 19.1 Å². The van der Waals surface area contributed by atoms with E-state index in [-0.39, 0.29) is 12.2 Å². The Hall–Kier alpha value is -2.03. The first-order chi connectivity index (χ1) is 11.7. The van der Waals surface area contributed by atoms with Crippen LogP contribution in [-0.2, 0) is 14.3 Å². The Kier molecular flexibility index (Phi) is 6.10. The summed E-state index contributed by atoms with van der Waals surface area (Å²) < 4.78 is 10.9. The molecule has 142 valence electrons. The van der Waals surface area contributed by atoms with Crippen LogP contribution in [-0.4, -0.2) is 78.3 Å². The van der Waals surface area contributed by atoms with Gasteiger partial charge in [0.25, 0.3) is 0 Å². The first kappa shape index (κ1) is 19.3. The third-order valence-electron chi connectivity index (χ3n) is 4.14. The average molecular weight is 355 g/mol. The lowest BCUT2D eigenvalue weighted by Gasteiger charge is -2.36. The van der Waals surface area contributed by atoms with E-state index >= 15 is 0 Å². The lowest BCUT2D eigenvalue weighted by Crippen LogP contribution is -2.53. The third-order valence-corrected chi connectivity index (χ3v) is 4.14. The van der Waals surface area contributed by atoms with Crippen molar-refractivity contribution >= 4 is 18.0 Å². The van der Waals surface area contributed by atoms with Crippen LogP contribution in [0.4, 0.5) is 4.79 Å². The van der Waals surface area contributed by atoms with E-state index in [2.05, 4.69) is 4.99 Å². The predicted molar refractivity (Wildman–Crippen MR) is 93.0 cm³/mol. The number of hydrogen-bond acceptors (Lipinski definition) is 5. The van der Waals surface area contributed by atoms with Gasteiger partial charge in [0.1, 0.15) is 11.7 Å². The lowest BCUT2D eigenvalue weighted by atomic mass is 10.2. The van der Waals surface area contributed by atoms with Crippen molar-refractivity contribution in [2.24, 2.45) is 16.5 Å². The van der Waals surface area contributed by atoms with E-state index in [9.17, 15) is 9.59 Å². The van der Waals surface area contributed by atoms with Crippen LogP contribution in [0.1, 0.15) is 33.6 Å². The largest absolute Gasteiger partial charge is 0.444 e. The highest BCUT2D eigenvalue weighted by molar-refractivity contribution is 5.79. The van der Waals surface area contributed by atoms with Crippen LogP contribution < -0.4 is 11.5 Å².